The number of carbonyl (C=O) groups excluding carboxylic acids is 1. The highest BCUT2D eigenvalue weighted by Crippen LogP contribution is 2.23. The highest BCUT2D eigenvalue weighted by molar-refractivity contribution is 9.10. The molecule has 0 unspecified atom stereocenters. The fraction of sp³-hybridized carbons (Fsp3) is 0.533. The lowest BCUT2D eigenvalue weighted by atomic mass is 9.97. The molecule has 1 aromatic rings. The molecule has 1 saturated heterocycles. The Morgan fingerprint density at radius 2 is 2.14 bits per heavy atom. The average Bonchev–Trinajstić information content (AvgIpc) is 2.52. The number of carbonyl (C=O) groups is 1. The molecule has 1 atom stereocenters. The van der Waals surface area contributed by atoms with E-state index in [0.717, 1.165) is 30.4 Å². The molecule has 1 fully saturated rings. The SMILES string of the molecule is O=C(NC[C@@H](O)COc1ccccc1Br)C1CCNCC1. The summed E-state index contributed by atoms with van der Waals surface area (Å²) in [4.78, 5) is 11.9. The zero-order valence-electron chi connectivity index (χ0n) is 11.8. The lowest BCUT2D eigenvalue weighted by Crippen LogP contribution is -2.42. The molecule has 0 aromatic heterocycles. The molecule has 1 heterocycles. The minimum Gasteiger partial charge on any atom is -0.490 e. The van der Waals surface area contributed by atoms with E-state index in [9.17, 15) is 9.90 Å². The average molecular weight is 357 g/mol. The van der Waals surface area contributed by atoms with E-state index in [1.54, 1.807) is 0 Å². The number of halogens is 1. The van der Waals surface area contributed by atoms with Crippen LogP contribution in [0.5, 0.6) is 5.75 Å². The smallest absolute Gasteiger partial charge is 0.223 e. The van der Waals surface area contributed by atoms with Crippen molar-refractivity contribution in [3.63, 3.8) is 0 Å². The summed E-state index contributed by atoms with van der Waals surface area (Å²) in [6.07, 6.45) is 0.993. The number of hydrogen-bond acceptors (Lipinski definition) is 4. The Balaban J connectivity index is 1.68. The number of piperidine rings is 1. The quantitative estimate of drug-likeness (QED) is 0.718. The standard InChI is InChI=1S/C15H21BrN2O3/c16-13-3-1-2-4-14(13)21-10-12(19)9-18-15(20)11-5-7-17-8-6-11/h1-4,11-12,17,19H,5-10H2,(H,18,20)/t12-/m1/s1. The van der Waals surface area contributed by atoms with Gasteiger partial charge in [-0.05, 0) is 54.0 Å². The van der Waals surface area contributed by atoms with Gasteiger partial charge in [-0.3, -0.25) is 4.79 Å². The van der Waals surface area contributed by atoms with Crippen LogP contribution in [0.3, 0.4) is 0 Å². The third-order valence-corrected chi connectivity index (χ3v) is 4.14. The van der Waals surface area contributed by atoms with Crippen molar-refractivity contribution in [2.45, 2.75) is 18.9 Å². The van der Waals surface area contributed by atoms with Gasteiger partial charge >= 0.3 is 0 Å². The molecule has 0 radical (unpaired) electrons. The van der Waals surface area contributed by atoms with E-state index < -0.39 is 6.10 Å². The van der Waals surface area contributed by atoms with Crippen molar-refractivity contribution in [3.8, 4) is 5.75 Å². The van der Waals surface area contributed by atoms with Crippen LogP contribution < -0.4 is 15.4 Å². The second kappa shape index (κ2) is 8.36. The van der Waals surface area contributed by atoms with Crippen LogP contribution in [0.1, 0.15) is 12.8 Å². The van der Waals surface area contributed by atoms with E-state index in [2.05, 4.69) is 26.6 Å². The van der Waals surface area contributed by atoms with E-state index >= 15 is 0 Å². The fourth-order valence-corrected chi connectivity index (χ4v) is 2.65. The number of nitrogens with one attached hydrogen (secondary N) is 2. The van der Waals surface area contributed by atoms with Crippen LogP contribution in [0, 0.1) is 5.92 Å². The molecular weight excluding hydrogens is 336 g/mol. The lowest BCUT2D eigenvalue weighted by molar-refractivity contribution is -0.126. The summed E-state index contributed by atoms with van der Waals surface area (Å²) in [6.45, 7) is 2.12. The second-order valence-corrected chi connectivity index (χ2v) is 6.02. The van der Waals surface area contributed by atoms with Crippen molar-refractivity contribution in [1.29, 1.82) is 0 Å². The zero-order chi connectivity index (χ0) is 15.1. The van der Waals surface area contributed by atoms with Gasteiger partial charge in [-0.1, -0.05) is 12.1 Å². The van der Waals surface area contributed by atoms with Crippen LogP contribution in [0.25, 0.3) is 0 Å². The molecule has 0 bridgehead atoms. The Bertz CT molecular complexity index is 464. The largest absolute Gasteiger partial charge is 0.490 e. The summed E-state index contributed by atoms with van der Waals surface area (Å²) in [5.41, 5.74) is 0. The molecule has 6 heteroatoms. The van der Waals surface area contributed by atoms with Gasteiger partial charge in [-0.2, -0.15) is 0 Å². The minimum atomic E-state index is -0.720. The molecule has 1 aromatic carbocycles. The van der Waals surface area contributed by atoms with Gasteiger partial charge in [0.1, 0.15) is 18.5 Å². The maximum atomic E-state index is 11.9. The van der Waals surface area contributed by atoms with Gasteiger partial charge in [0.05, 0.1) is 4.47 Å². The number of para-hydroxylation sites is 1. The van der Waals surface area contributed by atoms with E-state index in [1.807, 2.05) is 24.3 Å². The van der Waals surface area contributed by atoms with Crippen LogP contribution >= 0.6 is 15.9 Å². The molecule has 1 aliphatic rings. The molecule has 0 spiro atoms. The van der Waals surface area contributed by atoms with Gasteiger partial charge in [0.2, 0.25) is 5.91 Å². The van der Waals surface area contributed by atoms with Gasteiger partial charge < -0.3 is 20.5 Å². The van der Waals surface area contributed by atoms with Crippen molar-refractivity contribution in [3.05, 3.63) is 28.7 Å². The topological polar surface area (TPSA) is 70.6 Å². The summed E-state index contributed by atoms with van der Waals surface area (Å²) >= 11 is 3.38. The number of amides is 1. The van der Waals surface area contributed by atoms with Crippen LogP contribution in [-0.4, -0.2) is 43.4 Å². The molecule has 116 valence electrons. The lowest BCUT2D eigenvalue weighted by Gasteiger charge is -2.22. The van der Waals surface area contributed by atoms with Gasteiger partial charge in [0.15, 0.2) is 0 Å². The van der Waals surface area contributed by atoms with Crippen LogP contribution in [0.15, 0.2) is 28.7 Å². The van der Waals surface area contributed by atoms with Crippen molar-refractivity contribution in [2.75, 3.05) is 26.2 Å². The molecular formula is C15H21BrN2O3. The number of aliphatic hydroxyl groups excluding tert-OH is 1. The molecule has 5 nitrogen and oxygen atoms in total. The van der Waals surface area contributed by atoms with E-state index in [1.165, 1.54) is 0 Å². The van der Waals surface area contributed by atoms with Crippen LogP contribution in [-0.2, 0) is 4.79 Å². The third-order valence-electron chi connectivity index (χ3n) is 3.49. The predicted octanol–water partition coefficient (Wildman–Crippen LogP) is 1.30. The summed E-state index contributed by atoms with van der Waals surface area (Å²) < 4.78 is 6.36. The molecule has 2 rings (SSSR count). The Labute approximate surface area is 133 Å². The highest BCUT2D eigenvalue weighted by Gasteiger charge is 2.21. The molecule has 0 aliphatic carbocycles. The van der Waals surface area contributed by atoms with E-state index in [0.29, 0.717) is 5.75 Å². The predicted molar refractivity (Wildman–Crippen MR) is 84.2 cm³/mol. The van der Waals surface area contributed by atoms with Crippen LogP contribution in [0.4, 0.5) is 0 Å². The maximum absolute atomic E-state index is 11.9. The Morgan fingerprint density at radius 1 is 1.43 bits per heavy atom. The molecule has 21 heavy (non-hydrogen) atoms. The molecule has 1 amide bonds. The van der Waals surface area contributed by atoms with Gasteiger partial charge in [-0.15, -0.1) is 0 Å². The monoisotopic (exact) mass is 356 g/mol. The molecule has 1 aliphatic heterocycles. The minimum absolute atomic E-state index is 0.0245. The van der Waals surface area contributed by atoms with Gasteiger partial charge in [0, 0.05) is 12.5 Å². The zero-order valence-corrected chi connectivity index (χ0v) is 13.4. The first-order chi connectivity index (χ1) is 10.2. The Hall–Kier alpha value is -1.11. The normalized spacial score (nSPS) is 17.2. The number of aliphatic hydroxyl groups is 1. The fourth-order valence-electron chi connectivity index (χ4n) is 2.25. The second-order valence-electron chi connectivity index (χ2n) is 5.16. The summed E-state index contributed by atoms with van der Waals surface area (Å²) in [6, 6.07) is 7.46. The summed E-state index contributed by atoms with van der Waals surface area (Å²) in [7, 11) is 0. The van der Waals surface area contributed by atoms with Gasteiger partial charge in [0.25, 0.3) is 0 Å². The Kier molecular flexibility index (Phi) is 6.48. The maximum Gasteiger partial charge on any atom is 0.223 e. The van der Waals surface area contributed by atoms with Crippen molar-refractivity contribution < 1.29 is 14.6 Å². The first-order valence-corrected chi connectivity index (χ1v) is 8.00. The van der Waals surface area contributed by atoms with Crippen molar-refractivity contribution in [2.24, 2.45) is 5.92 Å². The summed E-state index contributed by atoms with van der Waals surface area (Å²) in [5.74, 6) is 0.764. The summed E-state index contributed by atoms with van der Waals surface area (Å²) in [5, 5.41) is 15.9. The number of benzene rings is 1. The first kappa shape index (κ1) is 16.3. The molecule has 0 saturated carbocycles. The number of ether oxygens (including phenoxy) is 1. The van der Waals surface area contributed by atoms with Crippen molar-refractivity contribution >= 4 is 21.8 Å². The van der Waals surface area contributed by atoms with Crippen LogP contribution in [0.2, 0.25) is 0 Å². The first-order valence-electron chi connectivity index (χ1n) is 7.20. The number of rotatable bonds is 6. The van der Waals surface area contributed by atoms with E-state index in [-0.39, 0.29) is 25.0 Å². The van der Waals surface area contributed by atoms with Gasteiger partial charge in [-0.25, -0.2) is 0 Å². The van der Waals surface area contributed by atoms with E-state index in [4.69, 9.17) is 4.74 Å². The molecule has 3 N–H and O–H groups in total. The number of hydrogen-bond donors (Lipinski definition) is 3. The Morgan fingerprint density at radius 3 is 2.86 bits per heavy atom. The highest BCUT2D eigenvalue weighted by atomic mass is 79.9. The third kappa shape index (κ3) is 5.30. The van der Waals surface area contributed by atoms with Crippen molar-refractivity contribution in [1.82, 2.24) is 10.6 Å².